The van der Waals surface area contributed by atoms with Gasteiger partial charge in [-0.15, -0.1) is 0 Å². The van der Waals surface area contributed by atoms with E-state index in [4.69, 9.17) is 4.74 Å². The van der Waals surface area contributed by atoms with E-state index in [1.54, 1.807) is 7.11 Å². The predicted molar refractivity (Wildman–Crippen MR) is 110 cm³/mol. The number of nitrogens with zero attached hydrogens (tertiary/aromatic N) is 4. The minimum atomic E-state index is 0.754. The lowest BCUT2D eigenvalue weighted by molar-refractivity contribution is 0.141. The van der Waals surface area contributed by atoms with E-state index in [9.17, 15) is 0 Å². The van der Waals surface area contributed by atoms with Gasteiger partial charge in [0, 0.05) is 38.6 Å². The molecule has 5 nitrogen and oxygen atoms in total. The number of aryl methyl sites for hydroxylation is 1. The van der Waals surface area contributed by atoms with Crippen LogP contribution in [0.3, 0.4) is 0 Å². The van der Waals surface area contributed by atoms with E-state index in [0.29, 0.717) is 0 Å². The van der Waals surface area contributed by atoms with Gasteiger partial charge in [-0.25, -0.2) is 4.98 Å². The van der Waals surface area contributed by atoms with E-state index in [1.165, 1.54) is 37.3 Å². The molecule has 1 saturated heterocycles. The Morgan fingerprint density at radius 1 is 1.26 bits per heavy atom. The van der Waals surface area contributed by atoms with E-state index in [2.05, 4.69) is 63.8 Å². The van der Waals surface area contributed by atoms with Gasteiger partial charge in [-0.3, -0.25) is 4.90 Å². The molecule has 1 aromatic carbocycles. The molecule has 148 valence electrons. The molecule has 1 aliphatic heterocycles. The van der Waals surface area contributed by atoms with Gasteiger partial charge < -0.3 is 14.2 Å². The molecular formula is C22H34N4O. The Balaban J connectivity index is 1.44. The monoisotopic (exact) mass is 370 g/mol. The Morgan fingerprint density at radius 2 is 2.07 bits per heavy atom. The van der Waals surface area contributed by atoms with Gasteiger partial charge in [0.15, 0.2) is 0 Å². The normalized spacial score (nSPS) is 18.1. The second kappa shape index (κ2) is 9.90. The van der Waals surface area contributed by atoms with Crippen molar-refractivity contribution in [1.82, 2.24) is 19.4 Å². The van der Waals surface area contributed by atoms with Crippen LogP contribution in [0, 0.1) is 5.92 Å². The summed E-state index contributed by atoms with van der Waals surface area (Å²) in [5.74, 6) is 2.86. The van der Waals surface area contributed by atoms with Crippen LogP contribution in [-0.4, -0.2) is 59.7 Å². The van der Waals surface area contributed by atoms with Gasteiger partial charge in [0.1, 0.15) is 11.6 Å². The molecule has 2 aromatic rings. The van der Waals surface area contributed by atoms with E-state index >= 15 is 0 Å². The third kappa shape index (κ3) is 5.81. The minimum absolute atomic E-state index is 0.754. The van der Waals surface area contributed by atoms with E-state index in [1.807, 2.05) is 6.20 Å². The molecule has 0 aliphatic carbocycles. The van der Waals surface area contributed by atoms with Crippen molar-refractivity contribution in [3.05, 3.63) is 48.0 Å². The van der Waals surface area contributed by atoms with Gasteiger partial charge in [0.2, 0.25) is 0 Å². The van der Waals surface area contributed by atoms with Crippen LogP contribution in [0.1, 0.15) is 31.2 Å². The molecule has 0 amide bonds. The molecule has 5 heteroatoms. The Labute approximate surface area is 163 Å². The van der Waals surface area contributed by atoms with Gasteiger partial charge in [0.25, 0.3) is 0 Å². The molecule has 1 unspecified atom stereocenters. The van der Waals surface area contributed by atoms with Crippen LogP contribution in [0.4, 0.5) is 0 Å². The number of methoxy groups -OCH3 is 1. The molecule has 1 aromatic heterocycles. The maximum atomic E-state index is 5.25. The van der Waals surface area contributed by atoms with Crippen LogP contribution in [0.25, 0.3) is 0 Å². The molecule has 1 fully saturated rings. The lowest BCUT2D eigenvalue weighted by Crippen LogP contribution is -2.41. The highest BCUT2D eigenvalue weighted by Crippen LogP contribution is 2.19. The molecule has 2 heterocycles. The smallest absolute Gasteiger partial charge is 0.122 e. The van der Waals surface area contributed by atoms with Gasteiger partial charge in [-0.05, 0) is 63.4 Å². The highest BCUT2D eigenvalue weighted by atomic mass is 16.5. The summed E-state index contributed by atoms with van der Waals surface area (Å²) in [4.78, 5) is 9.59. The largest absolute Gasteiger partial charge is 0.497 e. The summed E-state index contributed by atoms with van der Waals surface area (Å²) in [6.07, 6.45) is 7.75. The van der Waals surface area contributed by atoms with Crippen molar-refractivity contribution in [1.29, 1.82) is 0 Å². The van der Waals surface area contributed by atoms with Crippen LogP contribution >= 0.6 is 0 Å². The molecule has 0 spiro atoms. The van der Waals surface area contributed by atoms with Crippen molar-refractivity contribution in [3.63, 3.8) is 0 Å². The lowest BCUT2D eigenvalue weighted by atomic mass is 9.97. The van der Waals surface area contributed by atoms with Crippen LogP contribution in [0.15, 0.2) is 36.7 Å². The van der Waals surface area contributed by atoms with Crippen LogP contribution in [0.2, 0.25) is 0 Å². The van der Waals surface area contributed by atoms with Crippen molar-refractivity contribution in [3.8, 4) is 5.75 Å². The first-order chi connectivity index (χ1) is 13.2. The third-order valence-electron chi connectivity index (χ3n) is 5.60. The number of aromatic nitrogens is 2. The summed E-state index contributed by atoms with van der Waals surface area (Å²) in [6.45, 7) is 8.84. The number of rotatable bonds is 9. The van der Waals surface area contributed by atoms with Crippen LogP contribution in [-0.2, 0) is 19.5 Å². The fourth-order valence-electron chi connectivity index (χ4n) is 4.11. The summed E-state index contributed by atoms with van der Waals surface area (Å²) < 4.78 is 7.48. The predicted octanol–water partition coefficient (Wildman–Crippen LogP) is 3.30. The number of hydrogen-bond acceptors (Lipinski definition) is 4. The minimum Gasteiger partial charge on any atom is -0.497 e. The molecular weight excluding hydrogens is 336 g/mol. The second-order valence-electron chi connectivity index (χ2n) is 7.73. The third-order valence-corrected chi connectivity index (χ3v) is 5.60. The van der Waals surface area contributed by atoms with Crippen molar-refractivity contribution in [2.75, 3.05) is 40.3 Å². The summed E-state index contributed by atoms with van der Waals surface area (Å²) in [5.41, 5.74) is 1.39. The molecule has 3 rings (SSSR count). The summed E-state index contributed by atoms with van der Waals surface area (Å²) >= 11 is 0. The first-order valence-electron chi connectivity index (χ1n) is 10.2. The van der Waals surface area contributed by atoms with E-state index < -0.39 is 0 Å². The van der Waals surface area contributed by atoms with Gasteiger partial charge in [0.05, 0.1) is 13.7 Å². The summed E-state index contributed by atoms with van der Waals surface area (Å²) in [6, 6.07) is 8.49. The first kappa shape index (κ1) is 19.9. The van der Waals surface area contributed by atoms with E-state index in [-0.39, 0.29) is 0 Å². The highest BCUT2D eigenvalue weighted by molar-refractivity contribution is 5.27. The van der Waals surface area contributed by atoms with Crippen molar-refractivity contribution >= 4 is 0 Å². The number of hydrogen-bond donors (Lipinski definition) is 0. The molecule has 1 atom stereocenters. The first-order valence-corrected chi connectivity index (χ1v) is 10.2. The quantitative estimate of drug-likeness (QED) is 0.678. The topological polar surface area (TPSA) is 33.5 Å². The number of benzene rings is 1. The number of ether oxygens (including phenoxy) is 1. The average molecular weight is 371 g/mol. The maximum absolute atomic E-state index is 5.25. The van der Waals surface area contributed by atoms with Gasteiger partial charge in [-0.2, -0.15) is 0 Å². The zero-order valence-corrected chi connectivity index (χ0v) is 17.1. The SMILES string of the molecule is CCn1ccnc1CN(C)CC1CCCN(CCc2ccc(OC)cc2)C1. The maximum Gasteiger partial charge on any atom is 0.122 e. The zero-order valence-electron chi connectivity index (χ0n) is 17.1. The van der Waals surface area contributed by atoms with E-state index in [0.717, 1.165) is 44.3 Å². The van der Waals surface area contributed by atoms with Crippen LogP contribution in [0.5, 0.6) is 5.75 Å². The zero-order chi connectivity index (χ0) is 19.1. The molecule has 27 heavy (non-hydrogen) atoms. The molecule has 0 bridgehead atoms. The van der Waals surface area contributed by atoms with Gasteiger partial charge >= 0.3 is 0 Å². The standard InChI is InChI=1S/C22H34N4O/c1-4-26-15-12-23-22(26)18-24(2)16-20-6-5-13-25(17-20)14-11-19-7-9-21(27-3)10-8-19/h7-10,12,15,20H,4-6,11,13-14,16-18H2,1-3H3. The van der Waals surface area contributed by atoms with Crippen molar-refractivity contribution < 1.29 is 4.74 Å². The summed E-state index contributed by atoms with van der Waals surface area (Å²) in [7, 11) is 3.94. The number of piperidine rings is 1. The Hall–Kier alpha value is -1.85. The fraction of sp³-hybridized carbons (Fsp3) is 0.591. The molecule has 1 aliphatic rings. The Kier molecular flexibility index (Phi) is 7.30. The highest BCUT2D eigenvalue weighted by Gasteiger charge is 2.21. The summed E-state index contributed by atoms with van der Waals surface area (Å²) in [5, 5.41) is 0. The Morgan fingerprint density at radius 3 is 2.81 bits per heavy atom. The molecule has 0 N–H and O–H groups in total. The molecule has 0 radical (unpaired) electrons. The number of imidazole rings is 1. The van der Waals surface area contributed by atoms with Crippen molar-refractivity contribution in [2.45, 2.75) is 39.3 Å². The second-order valence-corrected chi connectivity index (χ2v) is 7.73. The van der Waals surface area contributed by atoms with Crippen molar-refractivity contribution in [2.24, 2.45) is 5.92 Å². The lowest BCUT2D eigenvalue weighted by Gasteiger charge is -2.34. The average Bonchev–Trinajstić information content (AvgIpc) is 3.14. The number of likely N-dealkylation sites (tertiary alicyclic amines) is 1. The van der Waals surface area contributed by atoms with Gasteiger partial charge in [-0.1, -0.05) is 12.1 Å². The molecule has 0 saturated carbocycles. The fourth-order valence-corrected chi connectivity index (χ4v) is 4.11. The Bertz CT molecular complexity index is 682. The van der Waals surface area contributed by atoms with Crippen LogP contribution < -0.4 is 4.74 Å².